The van der Waals surface area contributed by atoms with Crippen molar-refractivity contribution in [2.45, 2.75) is 0 Å². The Morgan fingerprint density at radius 1 is 1.50 bits per heavy atom. The maximum absolute atomic E-state index is 8.74. The molecule has 0 unspecified atom stereocenters. The Hall–Kier alpha value is 2.42. The Morgan fingerprint density at radius 2 is 1.50 bits per heavy atom. The number of hydrogen-bond acceptors (Lipinski definition) is 1. The fourth-order valence-electron chi connectivity index (χ4n) is 0. The third-order valence-corrected chi connectivity index (χ3v) is 0. The van der Waals surface area contributed by atoms with Crippen LogP contribution in [-0.4, -0.2) is 64.2 Å². The molecule has 2 N–H and O–H groups in total. The van der Waals surface area contributed by atoms with Gasteiger partial charge in [0, 0.05) is 39.9 Å². The Morgan fingerprint density at radius 3 is 1.50 bits per heavy atom. The van der Waals surface area contributed by atoms with E-state index in [1.807, 2.05) is 0 Å². The Labute approximate surface area is 109 Å². The van der Waals surface area contributed by atoms with Crippen molar-refractivity contribution in [2.75, 3.05) is 0 Å². The minimum absolute atomic E-state index is 0. The Balaban J connectivity index is -0.00000000750. The van der Waals surface area contributed by atoms with Gasteiger partial charge in [0.2, 0.25) is 0 Å². The van der Waals surface area contributed by atoms with Crippen LogP contribution >= 0.6 is 0 Å². The van der Waals surface area contributed by atoms with Gasteiger partial charge in [-0.1, -0.05) is 0 Å². The minimum Gasteiger partial charge on any atom is -1.00 e. The molecule has 0 saturated heterocycles. The summed E-state index contributed by atoms with van der Waals surface area (Å²) < 4.78 is 8.74. The zero-order chi connectivity index (χ0) is 3.58. The summed E-state index contributed by atoms with van der Waals surface area (Å²) in [4.78, 5) is 14.3. The molecule has 36 valence electrons. The third kappa shape index (κ3) is 32.2. The van der Waals surface area contributed by atoms with Gasteiger partial charge in [-0.15, -0.1) is 0 Å². The molecule has 0 aliphatic rings. The SMILES string of the molecule is O=[Si](O)O.[Gd].[H-].[H-].[Sr+2]. The predicted molar refractivity (Wildman–Crippen MR) is 18.9 cm³/mol. The molecule has 0 atom stereocenters. The molecule has 0 radical (unpaired) electrons. The van der Waals surface area contributed by atoms with Crippen LogP contribution in [0.1, 0.15) is 2.85 Å². The average molecular weight is 325 g/mol. The van der Waals surface area contributed by atoms with Crippen molar-refractivity contribution < 1.29 is 56.8 Å². The first kappa shape index (κ1) is 15.8. The van der Waals surface area contributed by atoms with Crippen molar-refractivity contribution in [1.29, 1.82) is 0 Å². The summed E-state index contributed by atoms with van der Waals surface area (Å²) >= 11 is 0. The summed E-state index contributed by atoms with van der Waals surface area (Å²) in [6.07, 6.45) is 0. The van der Waals surface area contributed by atoms with E-state index in [1.54, 1.807) is 0 Å². The van der Waals surface area contributed by atoms with E-state index in [0.717, 1.165) is 0 Å². The van der Waals surface area contributed by atoms with Gasteiger partial charge >= 0.3 is 54.7 Å². The maximum Gasteiger partial charge on any atom is 2.00 e. The zero-order valence-corrected chi connectivity index (χ0v) is 9.61. The molecule has 0 aliphatic carbocycles. The molecule has 3 nitrogen and oxygen atoms in total. The first-order valence-corrected chi connectivity index (χ1v) is 1.95. The van der Waals surface area contributed by atoms with E-state index in [0.29, 0.717) is 0 Å². The summed E-state index contributed by atoms with van der Waals surface area (Å²) in [5.41, 5.74) is 0. The summed E-state index contributed by atoms with van der Waals surface area (Å²) in [5, 5.41) is 0. The van der Waals surface area contributed by atoms with Gasteiger partial charge < -0.3 is 12.4 Å². The Kier molecular flexibility index (Phi) is 27.4. The molecule has 6 heavy (non-hydrogen) atoms. The standard InChI is InChI=1S/Gd.H2O3Si.Sr.2H/c;1-4(2)3;;;/h;1-2H;;;/q;;+2;2*-1. The molecule has 0 spiro atoms. The van der Waals surface area contributed by atoms with E-state index in [9.17, 15) is 0 Å². The second-order valence-electron chi connectivity index (χ2n) is 0.283. The van der Waals surface area contributed by atoms with E-state index in [1.165, 1.54) is 0 Å². The summed E-state index contributed by atoms with van der Waals surface area (Å²) in [5.74, 6) is 0. The van der Waals surface area contributed by atoms with Crippen LogP contribution < -0.4 is 0 Å². The molecule has 0 heterocycles. The minimum atomic E-state index is -3.13. The second-order valence-corrected chi connectivity index (χ2v) is 0.848. The average Bonchev–Trinajstić information content (AvgIpc) is 0.811. The van der Waals surface area contributed by atoms with Gasteiger partial charge in [-0.2, -0.15) is 0 Å². The largest absolute Gasteiger partial charge is 2.00 e. The predicted octanol–water partition coefficient (Wildman–Crippen LogP) is -1.77. The first-order chi connectivity index (χ1) is 1.73. The van der Waals surface area contributed by atoms with Crippen LogP contribution in [0.15, 0.2) is 0 Å². The van der Waals surface area contributed by atoms with Gasteiger partial charge in [0.1, 0.15) is 0 Å². The van der Waals surface area contributed by atoms with Crippen LogP contribution in [0.2, 0.25) is 0 Å². The topological polar surface area (TPSA) is 57.5 Å². The fourth-order valence-corrected chi connectivity index (χ4v) is 0. The van der Waals surface area contributed by atoms with Gasteiger partial charge in [0.05, 0.1) is 0 Å². The maximum atomic E-state index is 8.74. The molecule has 6 heteroatoms. The van der Waals surface area contributed by atoms with Gasteiger partial charge in [0.15, 0.2) is 0 Å². The Bertz CT molecular complexity index is 40.3. The second kappa shape index (κ2) is 10.4. The van der Waals surface area contributed by atoms with E-state index < -0.39 is 9.17 Å². The van der Waals surface area contributed by atoms with E-state index in [-0.39, 0.29) is 88.3 Å². The van der Waals surface area contributed by atoms with Crippen molar-refractivity contribution in [2.24, 2.45) is 0 Å². The van der Waals surface area contributed by atoms with Crippen molar-refractivity contribution in [1.82, 2.24) is 0 Å². The van der Waals surface area contributed by atoms with Crippen LogP contribution in [0.3, 0.4) is 0 Å². The molecule has 0 amide bonds. The number of hydrogen-bond donors (Lipinski definition) is 2. The fraction of sp³-hybridized carbons (Fsp3) is 0. The number of rotatable bonds is 0. The van der Waals surface area contributed by atoms with Crippen LogP contribution in [0.5, 0.6) is 0 Å². The quantitative estimate of drug-likeness (QED) is 0.519. The third-order valence-electron chi connectivity index (χ3n) is 0. The zero-order valence-electron chi connectivity index (χ0n) is 4.86. The van der Waals surface area contributed by atoms with E-state index >= 15 is 0 Å². The molecular weight excluding hydrogens is 321 g/mol. The van der Waals surface area contributed by atoms with Gasteiger partial charge in [-0.25, -0.2) is 0 Å². The smallest absolute Gasteiger partial charge is 1.00 e. The molecule has 0 rings (SSSR count). The molecule has 0 aliphatic heterocycles. The molecule has 0 aromatic rings. The molecular formula is H4GdO3SiSr. The molecule has 0 aromatic carbocycles. The van der Waals surface area contributed by atoms with Crippen molar-refractivity contribution in [3.05, 3.63) is 0 Å². The summed E-state index contributed by atoms with van der Waals surface area (Å²) in [7, 11) is -3.13. The molecule has 0 bridgehead atoms. The van der Waals surface area contributed by atoms with Crippen LogP contribution in [0.4, 0.5) is 0 Å². The summed E-state index contributed by atoms with van der Waals surface area (Å²) in [6, 6.07) is 0. The van der Waals surface area contributed by atoms with Crippen molar-refractivity contribution >= 4 is 54.7 Å². The van der Waals surface area contributed by atoms with Gasteiger partial charge in [0.25, 0.3) is 0 Å². The molecule has 0 aromatic heterocycles. The van der Waals surface area contributed by atoms with Gasteiger partial charge in [-0.3, -0.25) is 4.46 Å². The molecule has 0 fully saturated rings. The normalized spacial score (nSPS) is 4.00. The van der Waals surface area contributed by atoms with E-state index in [4.69, 9.17) is 14.1 Å². The summed E-state index contributed by atoms with van der Waals surface area (Å²) in [6.45, 7) is 0. The van der Waals surface area contributed by atoms with Crippen molar-refractivity contribution in [3.8, 4) is 0 Å². The van der Waals surface area contributed by atoms with Gasteiger partial charge in [-0.05, 0) is 0 Å². The first-order valence-electron chi connectivity index (χ1n) is 0.651. The van der Waals surface area contributed by atoms with Crippen LogP contribution in [-0.2, 0) is 4.46 Å². The van der Waals surface area contributed by atoms with E-state index in [2.05, 4.69) is 0 Å². The van der Waals surface area contributed by atoms with Crippen molar-refractivity contribution in [3.63, 3.8) is 0 Å². The van der Waals surface area contributed by atoms with Crippen LogP contribution in [0, 0.1) is 39.9 Å². The monoisotopic (exact) mass is 326 g/mol. The molecule has 0 saturated carbocycles. The van der Waals surface area contributed by atoms with Crippen LogP contribution in [0.25, 0.3) is 0 Å².